The summed E-state index contributed by atoms with van der Waals surface area (Å²) in [4.78, 5) is 0. The summed E-state index contributed by atoms with van der Waals surface area (Å²) in [5, 5.41) is 0.866. The Morgan fingerprint density at radius 2 is 0.971 bits per heavy atom. The summed E-state index contributed by atoms with van der Waals surface area (Å²) in [5.74, 6) is 2.09. The molecule has 0 N–H and O–H groups in total. The molecule has 0 fully saturated rings. The van der Waals surface area contributed by atoms with Crippen LogP contribution in [0, 0.1) is 9.16 Å². The van der Waals surface area contributed by atoms with E-state index in [9.17, 15) is 0 Å². The van der Waals surface area contributed by atoms with Gasteiger partial charge in [-0.3, -0.25) is 0 Å². The van der Waals surface area contributed by atoms with Gasteiger partial charge in [0.25, 0.3) is 0 Å². The van der Waals surface area contributed by atoms with Gasteiger partial charge in [-0.1, -0.05) is 21.3 Å². The second-order valence-electron chi connectivity index (χ2n) is 6.25. The summed E-state index contributed by atoms with van der Waals surface area (Å²) in [6.45, 7) is 1.86. The Morgan fingerprint density at radius 1 is 0.629 bits per heavy atom. The predicted molar refractivity (Wildman–Crippen MR) is 151 cm³/mol. The molecule has 13 heteroatoms. The molecule has 0 bridgehead atoms. The molecule has 0 aliphatic heterocycles. The summed E-state index contributed by atoms with van der Waals surface area (Å²) < 4.78 is 32.3. The number of hydrogen-bond donors (Lipinski definition) is 4. The number of hydrogen-bond acceptors (Lipinski definition) is 10. The van der Waals surface area contributed by atoms with E-state index in [1.807, 2.05) is 0 Å². The van der Waals surface area contributed by atoms with Crippen molar-refractivity contribution in [3.05, 3.63) is 54.6 Å². The van der Waals surface area contributed by atoms with Crippen LogP contribution in [0.4, 0.5) is 0 Å². The third kappa shape index (κ3) is 11.0. The minimum absolute atomic E-state index is 0. The Kier molecular flexibility index (Phi) is 18.8. The number of rotatable bonds is 12. The van der Waals surface area contributed by atoms with Gasteiger partial charge in [-0.15, -0.1) is 11.1 Å². The van der Waals surface area contributed by atoms with Crippen LogP contribution in [0.1, 0.15) is 11.1 Å². The molecular formula is C22H28Cl2NiO6S4. The van der Waals surface area contributed by atoms with E-state index in [2.05, 4.69) is 50.5 Å². The van der Waals surface area contributed by atoms with Crippen LogP contribution in [0.2, 0.25) is 10.0 Å². The molecule has 0 atom stereocenters. The first-order valence-electron chi connectivity index (χ1n) is 9.70. The zero-order chi connectivity index (χ0) is 25.7. The Bertz CT molecular complexity index is 822. The fourth-order valence-corrected chi connectivity index (χ4v) is 4.16. The van der Waals surface area contributed by atoms with Gasteiger partial charge >= 0.3 is 16.5 Å². The van der Waals surface area contributed by atoms with Crippen molar-refractivity contribution >= 4 is 73.7 Å². The maximum atomic E-state index is 6.17. The number of thiol groups is 4. The van der Waals surface area contributed by atoms with Crippen LogP contribution in [-0.2, 0) is 26.0 Å². The van der Waals surface area contributed by atoms with Crippen molar-refractivity contribution in [1.82, 2.24) is 0 Å². The Labute approximate surface area is 249 Å². The standard InChI is InChI=1S/2C11H14ClO3S2.Ni/c2*1-13-5-6-15-8-4-3-7(11(16)17)9(12)10(8)14-2;/h2*3-4,16-17H,5-6H2,1-2H3;/q2*-1;+2. The molecule has 0 aliphatic carbocycles. The predicted octanol–water partition coefficient (Wildman–Crippen LogP) is 6.14. The molecule has 2 aromatic rings. The molecule has 0 amide bonds. The molecule has 200 valence electrons. The minimum Gasteiger partial charge on any atom is -0.504 e. The van der Waals surface area contributed by atoms with Gasteiger partial charge in [0.05, 0.1) is 27.4 Å². The molecule has 0 aromatic heterocycles. The maximum absolute atomic E-state index is 6.17. The molecule has 2 aromatic carbocycles. The van der Waals surface area contributed by atoms with Crippen molar-refractivity contribution in [3.8, 4) is 23.0 Å². The van der Waals surface area contributed by atoms with Crippen molar-refractivity contribution in [3.63, 3.8) is 0 Å². The zero-order valence-corrected chi connectivity index (χ0v) is 25.5. The first kappa shape index (κ1) is 34.8. The van der Waals surface area contributed by atoms with Gasteiger partial charge in [-0.2, -0.15) is 35.3 Å². The molecule has 0 saturated carbocycles. The quantitative estimate of drug-likeness (QED) is 0.0964. The smallest absolute Gasteiger partial charge is 0.504 e. The second kappa shape index (κ2) is 18.9. The van der Waals surface area contributed by atoms with E-state index in [1.165, 1.54) is 14.2 Å². The summed E-state index contributed by atoms with van der Waals surface area (Å²) in [6, 6.07) is 7.09. The first-order chi connectivity index (χ1) is 16.2. The normalized spacial score (nSPS) is 9.89. The van der Waals surface area contributed by atoms with E-state index in [1.54, 1.807) is 38.5 Å². The average Bonchev–Trinajstić information content (AvgIpc) is 2.79. The molecule has 0 spiro atoms. The molecule has 0 heterocycles. The second-order valence-corrected chi connectivity index (χ2v) is 9.50. The van der Waals surface area contributed by atoms with Crippen molar-refractivity contribution in [2.75, 3.05) is 54.9 Å². The minimum atomic E-state index is 0. The Hall–Kier alpha value is -0.226. The van der Waals surface area contributed by atoms with Crippen LogP contribution in [0.15, 0.2) is 24.3 Å². The van der Waals surface area contributed by atoms with Gasteiger partial charge < -0.3 is 28.4 Å². The number of halogens is 2. The van der Waals surface area contributed by atoms with E-state index in [0.29, 0.717) is 79.8 Å². The largest absolute Gasteiger partial charge is 2.00 e. The van der Waals surface area contributed by atoms with Crippen LogP contribution in [0.25, 0.3) is 0 Å². The third-order valence-electron chi connectivity index (χ3n) is 4.10. The van der Waals surface area contributed by atoms with Crippen LogP contribution in [-0.4, -0.2) is 54.9 Å². The fraction of sp³-hybridized carbons (Fsp3) is 0.364. The molecule has 0 saturated heterocycles. The van der Waals surface area contributed by atoms with Gasteiger partial charge in [0, 0.05) is 14.2 Å². The summed E-state index contributed by atoms with van der Waals surface area (Å²) in [5.41, 5.74) is 1.41. The summed E-state index contributed by atoms with van der Waals surface area (Å²) in [7, 11) is 6.29. The van der Waals surface area contributed by atoms with Crippen LogP contribution < -0.4 is 18.9 Å². The van der Waals surface area contributed by atoms with Crippen molar-refractivity contribution in [1.29, 1.82) is 0 Å². The third-order valence-corrected chi connectivity index (χ3v) is 5.82. The van der Waals surface area contributed by atoms with Crippen LogP contribution in [0.3, 0.4) is 0 Å². The van der Waals surface area contributed by atoms with Crippen LogP contribution in [0.5, 0.6) is 23.0 Å². The van der Waals surface area contributed by atoms with E-state index in [-0.39, 0.29) is 16.5 Å². The molecular weight excluding hydrogens is 618 g/mol. The molecule has 0 unspecified atom stereocenters. The SMILES string of the molecule is COCCOc1ccc([C-](S)S)c(Cl)c1OC.COCCOc1ccc([C-](S)S)c(Cl)c1OC.[Ni+2]. The van der Waals surface area contributed by atoms with Gasteiger partial charge in [-0.25, -0.2) is 50.5 Å². The summed E-state index contributed by atoms with van der Waals surface area (Å²) in [6.07, 6.45) is 0. The Morgan fingerprint density at radius 3 is 1.23 bits per heavy atom. The topological polar surface area (TPSA) is 55.4 Å². The Balaban J connectivity index is 0.000000642. The van der Waals surface area contributed by atoms with E-state index in [4.69, 9.17) is 51.6 Å². The zero-order valence-electron chi connectivity index (χ0n) is 19.4. The van der Waals surface area contributed by atoms with Gasteiger partial charge in [0.1, 0.15) is 36.2 Å². The molecule has 6 nitrogen and oxygen atoms in total. The molecule has 0 aliphatic rings. The summed E-state index contributed by atoms with van der Waals surface area (Å²) >= 11 is 28.9. The first-order valence-corrected chi connectivity index (χ1v) is 12.2. The number of ether oxygens (including phenoxy) is 6. The van der Waals surface area contributed by atoms with E-state index >= 15 is 0 Å². The van der Waals surface area contributed by atoms with Gasteiger partial charge in [0.15, 0.2) is 0 Å². The average molecular weight is 646 g/mol. The molecule has 0 radical (unpaired) electrons. The van der Waals surface area contributed by atoms with E-state index < -0.39 is 0 Å². The van der Waals surface area contributed by atoms with Crippen LogP contribution >= 0.6 is 73.7 Å². The maximum Gasteiger partial charge on any atom is 2.00 e. The number of methoxy groups -OCH3 is 4. The molecule has 35 heavy (non-hydrogen) atoms. The van der Waals surface area contributed by atoms with E-state index in [0.717, 1.165) is 0 Å². The van der Waals surface area contributed by atoms with Crippen molar-refractivity contribution in [2.24, 2.45) is 0 Å². The number of benzene rings is 2. The van der Waals surface area contributed by atoms with Crippen molar-refractivity contribution in [2.45, 2.75) is 0 Å². The van der Waals surface area contributed by atoms with Gasteiger partial charge in [0.2, 0.25) is 0 Å². The monoisotopic (exact) mass is 644 g/mol. The fourth-order valence-electron chi connectivity index (χ4n) is 2.50. The molecule has 2 rings (SSSR count). The van der Waals surface area contributed by atoms with Gasteiger partial charge in [-0.05, 0) is 10.0 Å². The van der Waals surface area contributed by atoms with Crippen molar-refractivity contribution < 1.29 is 44.9 Å².